The first kappa shape index (κ1) is 24.9. The predicted molar refractivity (Wildman–Crippen MR) is 129 cm³/mol. The third-order valence-electron chi connectivity index (χ3n) is 4.69. The third-order valence-corrected chi connectivity index (χ3v) is 4.97. The highest BCUT2D eigenvalue weighted by Gasteiger charge is 2.13. The summed E-state index contributed by atoms with van der Waals surface area (Å²) in [6.45, 7) is 6.42. The SMILES string of the molecule is CCOc1cc(CNCc2ccc(OC)cc2)cc(Cl)c1OCc1ccc(C)cc1.Cl. The Bertz CT molecular complexity index is 944. The van der Waals surface area contributed by atoms with Crippen LogP contribution in [0.15, 0.2) is 60.7 Å². The highest BCUT2D eigenvalue weighted by molar-refractivity contribution is 6.32. The van der Waals surface area contributed by atoms with Crippen molar-refractivity contribution < 1.29 is 14.2 Å². The predicted octanol–water partition coefficient (Wildman–Crippen LogP) is 6.35. The monoisotopic (exact) mass is 461 g/mol. The average Bonchev–Trinajstić information content (AvgIpc) is 2.75. The van der Waals surface area contributed by atoms with Crippen LogP contribution in [0.2, 0.25) is 5.02 Å². The van der Waals surface area contributed by atoms with Crippen molar-refractivity contribution in [1.29, 1.82) is 0 Å². The van der Waals surface area contributed by atoms with Crippen molar-refractivity contribution in [1.82, 2.24) is 5.32 Å². The van der Waals surface area contributed by atoms with Crippen LogP contribution >= 0.6 is 24.0 Å². The number of hydrogen-bond donors (Lipinski definition) is 1. The van der Waals surface area contributed by atoms with Crippen molar-refractivity contribution in [3.8, 4) is 17.2 Å². The molecule has 3 aromatic carbocycles. The van der Waals surface area contributed by atoms with Gasteiger partial charge in [-0.2, -0.15) is 0 Å². The Kier molecular flexibility index (Phi) is 9.99. The van der Waals surface area contributed by atoms with E-state index in [-0.39, 0.29) is 12.4 Å². The maximum absolute atomic E-state index is 6.54. The zero-order valence-electron chi connectivity index (χ0n) is 18.1. The number of halogens is 2. The Balaban J connectivity index is 0.00000341. The molecule has 6 heteroatoms. The lowest BCUT2D eigenvalue weighted by molar-refractivity contribution is 0.269. The molecule has 0 saturated heterocycles. The van der Waals surface area contributed by atoms with E-state index in [1.54, 1.807) is 7.11 Å². The minimum Gasteiger partial charge on any atom is -0.497 e. The largest absolute Gasteiger partial charge is 0.497 e. The van der Waals surface area contributed by atoms with Crippen LogP contribution in [0, 0.1) is 6.92 Å². The minimum absolute atomic E-state index is 0. The maximum atomic E-state index is 6.54. The first-order valence-corrected chi connectivity index (χ1v) is 10.4. The number of ether oxygens (including phenoxy) is 3. The van der Waals surface area contributed by atoms with E-state index in [1.807, 2.05) is 43.3 Å². The van der Waals surface area contributed by atoms with E-state index in [9.17, 15) is 0 Å². The van der Waals surface area contributed by atoms with Crippen molar-refractivity contribution in [2.45, 2.75) is 33.5 Å². The van der Waals surface area contributed by atoms with Gasteiger partial charge in [0.1, 0.15) is 12.4 Å². The van der Waals surface area contributed by atoms with Gasteiger partial charge in [0.15, 0.2) is 11.5 Å². The van der Waals surface area contributed by atoms with Gasteiger partial charge in [-0.1, -0.05) is 53.6 Å². The molecular weight excluding hydrogens is 433 g/mol. The number of methoxy groups -OCH3 is 1. The highest BCUT2D eigenvalue weighted by atomic mass is 35.5. The zero-order valence-corrected chi connectivity index (χ0v) is 19.7. The second-order valence-corrected chi connectivity index (χ2v) is 7.47. The molecule has 4 nitrogen and oxygen atoms in total. The maximum Gasteiger partial charge on any atom is 0.180 e. The fourth-order valence-electron chi connectivity index (χ4n) is 3.06. The summed E-state index contributed by atoms with van der Waals surface area (Å²) in [4.78, 5) is 0. The molecule has 166 valence electrons. The highest BCUT2D eigenvalue weighted by Crippen LogP contribution is 2.37. The number of aryl methyl sites for hydroxylation is 1. The van der Waals surface area contributed by atoms with Crippen LogP contribution in [0.1, 0.15) is 29.2 Å². The topological polar surface area (TPSA) is 39.7 Å². The molecule has 0 bridgehead atoms. The van der Waals surface area contributed by atoms with Gasteiger partial charge in [0.2, 0.25) is 0 Å². The normalized spacial score (nSPS) is 10.3. The van der Waals surface area contributed by atoms with Crippen LogP contribution < -0.4 is 19.5 Å². The standard InChI is InChI=1S/C25H28ClNO3.ClH/c1-4-29-24-14-21(16-27-15-19-9-11-22(28-3)12-10-19)13-23(26)25(24)30-17-20-7-5-18(2)6-8-20;/h5-14,27H,4,15-17H2,1-3H3;1H. The summed E-state index contributed by atoms with van der Waals surface area (Å²) in [6, 6.07) is 20.2. The zero-order chi connectivity index (χ0) is 21.3. The Morgan fingerprint density at radius 1 is 0.839 bits per heavy atom. The summed E-state index contributed by atoms with van der Waals surface area (Å²) in [5, 5.41) is 3.99. The third kappa shape index (κ3) is 7.35. The summed E-state index contributed by atoms with van der Waals surface area (Å²) in [5.74, 6) is 2.10. The van der Waals surface area contributed by atoms with Gasteiger partial charge in [-0.05, 0) is 54.8 Å². The quantitative estimate of drug-likeness (QED) is 0.381. The molecule has 31 heavy (non-hydrogen) atoms. The number of hydrogen-bond acceptors (Lipinski definition) is 4. The van der Waals surface area contributed by atoms with Crippen molar-refractivity contribution in [2.24, 2.45) is 0 Å². The van der Waals surface area contributed by atoms with Gasteiger partial charge < -0.3 is 19.5 Å². The van der Waals surface area contributed by atoms with Gasteiger partial charge in [-0.15, -0.1) is 12.4 Å². The van der Waals surface area contributed by atoms with Gasteiger partial charge >= 0.3 is 0 Å². The van der Waals surface area contributed by atoms with Crippen molar-refractivity contribution in [3.05, 3.63) is 87.9 Å². The van der Waals surface area contributed by atoms with E-state index in [4.69, 9.17) is 25.8 Å². The lowest BCUT2D eigenvalue weighted by atomic mass is 10.1. The average molecular weight is 462 g/mol. The van der Waals surface area contributed by atoms with Gasteiger partial charge in [0.05, 0.1) is 18.7 Å². The Labute approximate surface area is 195 Å². The van der Waals surface area contributed by atoms with E-state index in [0.717, 1.165) is 23.4 Å². The molecule has 0 fully saturated rings. The smallest absolute Gasteiger partial charge is 0.180 e. The first-order valence-electron chi connectivity index (χ1n) is 10.1. The number of benzene rings is 3. The molecule has 0 aliphatic heterocycles. The lowest BCUT2D eigenvalue weighted by Gasteiger charge is -2.16. The van der Waals surface area contributed by atoms with Crippen LogP contribution in [-0.2, 0) is 19.7 Å². The summed E-state index contributed by atoms with van der Waals surface area (Å²) in [5.41, 5.74) is 4.53. The summed E-state index contributed by atoms with van der Waals surface area (Å²) >= 11 is 6.54. The fourth-order valence-corrected chi connectivity index (χ4v) is 3.35. The Morgan fingerprint density at radius 3 is 2.13 bits per heavy atom. The summed E-state index contributed by atoms with van der Waals surface area (Å²) in [7, 11) is 1.67. The van der Waals surface area contributed by atoms with E-state index in [2.05, 4.69) is 36.5 Å². The molecule has 0 aliphatic rings. The minimum atomic E-state index is 0. The van der Waals surface area contributed by atoms with E-state index in [1.165, 1.54) is 11.1 Å². The molecule has 0 heterocycles. The van der Waals surface area contributed by atoms with Gasteiger partial charge in [-0.25, -0.2) is 0 Å². The molecule has 0 aliphatic carbocycles. The van der Waals surface area contributed by atoms with Crippen molar-refractivity contribution in [3.63, 3.8) is 0 Å². The summed E-state index contributed by atoms with van der Waals surface area (Å²) < 4.78 is 17.0. The van der Waals surface area contributed by atoms with Crippen LogP contribution in [0.5, 0.6) is 17.2 Å². The molecule has 0 amide bonds. The molecule has 1 N–H and O–H groups in total. The molecule has 0 radical (unpaired) electrons. The van der Waals surface area contributed by atoms with Crippen molar-refractivity contribution >= 4 is 24.0 Å². The second-order valence-electron chi connectivity index (χ2n) is 7.06. The molecule has 0 unspecified atom stereocenters. The Hall–Kier alpha value is -2.40. The fraction of sp³-hybridized carbons (Fsp3) is 0.280. The van der Waals surface area contributed by atoms with Gasteiger partial charge in [0, 0.05) is 13.1 Å². The first-order chi connectivity index (χ1) is 14.6. The van der Waals surface area contributed by atoms with Gasteiger partial charge in [0.25, 0.3) is 0 Å². The van der Waals surface area contributed by atoms with E-state index in [0.29, 0.717) is 36.3 Å². The van der Waals surface area contributed by atoms with E-state index < -0.39 is 0 Å². The molecule has 0 aromatic heterocycles. The van der Waals surface area contributed by atoms with Crippen LogP contribution in [0.4, 0.5) is 0 Å². The van der Waals surface area contributed by atoms with E-state index >= 15 is 0 Å². The summed E-state index contributed by atoms with van der Waals surface area (Å²) in [6.07, 6.45) is 0. The molecule has 0 spiro atoms. The van der Waals surface area contributed by atoms with Crippen molar-refractivity contribution in [2.75, 3.05) is 13.7 Å². The molecular formula is C25H29Cl2NO3. The lowest BCUT2D eigenvalue weighted by Crippen LogP contribution is -2.13. The molecule has 3 rings (SSSR count). The van der Waals surface area contributed by atoms with Gasteiger partial charge in [-0.3, -0.25) is 0 Å². The Morgan fingerprint density at radius 2 is 1.48 bits per heavy atom. The van der Waals surface area contributed by atoms with Crippen LogP contribution in [0.3, 0.4) is 0 Å². The van der Waals surface area contributed by atoms with Crippen LogP contribution in [-0.4, -0.2) is 13.7 Å². The number of rotatable bonds is 10. The second kappa shape index (κ2) is 12.5. The van der Waals surface area contributed by atoms with Crippen LogP contribution in [0.25, 0.3) is 0 Å². The molecule has 0 atom stereocenters. The molecule has 0 saturated carbocycles. The number of nitrogens with one attached hydrogen (secondary N) is 1. The molecule has 3 aromatic rings.